The Bertz CT molecular complexity index is 404. The van der Waals surface area contributed by atoms with E-state index in [1.807, 2.05) is 6.92 Å². The fraction of sp³-hybridized carbons (Fsp3) is 0.941. The summed E-state index contributed by atoms with van der Waals surface area (Å²) in [4.78, 5) is 12.2. The summed E-state index contributed by atoms with van der Waals surface area (Å²) < 4.78 is 5.32. The zero-order valence-electron chi connectivity index (χ0n) is 12.3. The van der Waals surface area contributed by atoms with Gasteiger partial charge < -0.3 is 4.74 Å². The van der Waals surface area contributed by atoms with Gasteiger partial charge >= 0.3 is 5.97 Å². The van der Waals surface area contributed by atoms with E-state index in [0.717, 1.165) is 47.8 Å². The van der Waals surface area contributed by atoms with Crippen molar-refractivity contribution in [3.63, 3.8) is 0 Å². The van der Waals surface area contributed by atoms with Crippen molar-refractivity contribution in [3.05, 3.63) is 0 Å². The summed E-state index contributed by atoms with van der Waals surface area (Å²) in [6.45, 7) is 7.40. The molecule has 0 amide bonds. The third kappa shape index (κ3) is 1.41. The lowest BCUT2D eigenvalue weighted by molar-refractivity contribution is -0.152. The normalized spacial score (nSPS) is 57.5. The molecule has 4 aliphatic rings. The maximum absolute atomic E-state index is 12.2. The van der Waals surface area contributed by atoms with Gasteiger partial charge in [-0.05, 0) is 73.5 Å². The fourth-order valence-electron chi connectivity index (χ4n) is 6.75. The summed E-state index contributed by atoms with van der Waals surface area (Å²) in [7, 11) is 0. The van der Waals surface area contributed by atoms with Crippen molar-refractivity contribution < 1.29 is 9.53 Å². The predicted octanol–water partition coefficient (Wildman–Crippen LogP) is 3.36. The Labute approximate surface area is 116 Å². The average Bonchev–Trinajstić information content (AvgIpc) is 3.09. The number of esters is 1. The molecule has 4 bridgehead atoms. The van der Waals surface area contributed by atoms with Crippen LogP contribution in [0.15, 0.2) is 0 Å². The van der Waals surface area contributed by atoms with Crippen molar-refractivity contribution in [3.8, 4) is 0 Å². The average molecular weight is 262 g/mol. The van der Waals surface area contributed by atoms with Crippen LogP contribution >= 0.6 is 0 Å². The van der Waals surface area contributed by atoms with Gasteiger partial charge in [-0.3, -0.25) is 4.79 Å². The van der Waals surface area contributed by atoms with Crippen LogP contribution in [0.25, 0.3) is 0 Å². The zero-order chi connectivity index (χ0) is 13.3. The molecule has 4 saturated carbocycles. The highest BCUT2D eigenvalue weighted by atomic mass is 16.5. The first kappa shape index (κ1) is 12.2. The van der Waals surface area contributed by atoms with Crippen LogP contribution in [0, 0.1) is 53.3 Å². The number of ether oxygens (including phenoxy) is 1. The number of carbonyl (C=O) groups is 1. The van der Waals surface area contributed by atoms with E-state index < -0.39 is 0 Å². The molecule has 2 heteroatoms. The van der Waals surface area contributed by atoms with Crippen molar-refractivity contribution in [2.75, 3.05) is 6.61 Å². The molecule has 106 valence electrons. The molecule has 0 saturated heterocycles. The van der Waals surface area contributed by atoms with E-state index in [-0.39, 0.29) is 11.9 Å². The lowest BCUT2D eigenvalue weighted by Crippen LogP contribution is -2.40. The maximum Gasteiger partial charge on any atom is 0.309 e. The lowest BCUT2D eigenvalue weighted by atomic mass is 9.62. The topological polar surface area (TPSA) is 26.3 Å². The van der Waals surface area contributed by atoms with Crippen molar-refractivity contribution in [2.45, 2.75) is 40.0 Å². The molecule has 4 rings (SSSR count). The number of rotatable bonds is 2. The largest absolute Gasteiger partial charge is 0.466 e. The van der Waals surface area contributed by atoms with Gasteiger partial charge in [0, 0.05) is 0 Å². The van der Waals surface area contributed by atoms with E-state index >= 15 is 0 Å². The lowest BCUT2D eigenvalue weighted by Gasteiger charge is -2.42. The van der Waals surface area contributed by atoms with E-state index in [9.17, 15) is 4.79 Å². The van der Waals surface area contributed by atoms with Crippen molar-refractivity contribution in [2.24, 2.45) is 53.3 Å². The number of hydrogen-bond donors (Lipinski definition) is 0. The van der Waals surface area contributed by atoms with Crippen LogP contribution in [0.3, 0.4) is 0 Å². The Morgan fingerprint density at radius 1 is 1.00 bits per heavy atom. The van der Waals surface area contributed by atoms with Crippen LogP contribution in [0.4, 0.5) is 0 Å². The first-order valence-electron chi connectivity index (χ1n) is 8.30. The highest BCUT2D eigenvalue weighted by Crippen LogP contribution is 2.71. The van der Waals surface area contributed by atoms with Crippen molar-refractivity contribution >= 4 is 5.97 Å². The van der Waals surface area contributed by atoms with Crippen molar-refractivity contribution in [1.29, 1.82) is 0 Å². The van der Waals surface area contributed by atoms with E-state index in [1.54, 1.807) is 0 Å². The number of carbonyl (C=O) groups excluding carboxylic acids is 1. The van der Waals surface area contributed by atoms with E-state index in [0.29, 0.717) is 12.5 Å². The summed E-state index contributed by atoms with van der Waals surface area (Å²) >= 11 is 0. The minimum absolute atomic E-state index is 0.108. The molecular weight excluding hydrogens is 236 g/mol. The molecule has 0 N–H and O–H groups in total. The Morgan fingerprint density at radius 2 is 1.68 bits per heavy atom. The molecule has 4 aliphatic carbocycles. The molecule has 9 atom stereocenters. The number of fused-ring (bicyclic) bond motifs is 9. The summed E-state index contributed by atoms with van der Waals surface area (Å²) in [6, 6.07) is 0. The molecule has 4 fully saturated rings. The van der Waals surface area contributed by atoms with E-state index in [4.69, 9.17) is 4.74 Å². The molecule has 2 nitrogen and oxygen atoms in total. The smallest absolute Gasteiger partial charge is 0.309 e. The highest BCUT2D eigenvalue weighted by molar-refractivity contribution is 5.73. The third-order valence-electron chi connectivity index (χ3n) is 7.43. The number of hydrogen-bond acceptors (Lipinski definition) is 2. The highest BCUT2D eigenvalue weighted by Gasteiger charge is 2.66. The molecule has 19 heavy (non-hydrogen) atoms. The predicted molar refractivity (Wildman–Crippen MR) is 73.2 cm³/mol. The van der Waals surface area contributed by atoms with Crippen LogP contribution < -0.4 is 0 Å². The van der Waals surface area contributed by atoms with Gasteiger partial charge in [-0.15, -0.1) is 0 Å². The van der Waals surface area contributed by atoms with E-state index in [2.05, 4.69) is 13.8 Å². The van der Waals surface area contributed by atoms with Crippen LogP contribution in [-0.4, -0.2) is 12.6 Å². The molecular formula is C17H26O2. The van der Waals surface area contributed by atoms with Gasteiger partial charge in [0.1, 0.15) is 0 Å². The monoisotopic (exact) mass is 262 g/mol. The zero-order valence-corrected chi connectivity index (χ0v) is 12.3. The molecule has 0 radical (unpaired) electrons. The van der Waals surface area contributed by atoms with Crippen LogP contribution in [-0.2, 0) is 9.53 Å². The first-order chi connectivity index (χ1) is 9.13. The Kier molecular flexibility index (Phi) is 2.57. The molecule has 0 spiro atoms. The van der Waals surface area contributed by atoms with Crippen LogP contribution in [0.2, 0.25) is 0 Å². The summed E-state index contributed by atoms with van der Waals surface area (Å²) in [5, 5.41) is 0. The van der Waals surface area contributed by atoms with Gasteiger partial charge in [0.2, 0.25) is 0 Å². The van der Waals surface area contributed by atoms with Gasteiger partial charge in [0.05, 0.1) is 12.5 Å². The van der Waals surface area contributed by atoms with Gasteiger partial charge in [-0.2, -0.15) is 0 Å². The first-order valence-corrected chi connectivity index (χ1v) is 8.30. The quantitative estimate of drug-likeness (QED) is 0.563. The minimum atomic E-state index is 0.108. The Hall–Kier alpha value is -0.530. The van der Waals surface area contributed by atoms with Gasteiger partial charge in [-0.1, -0.05) is 13.8 Å². The van der Waals surface area contributed by atoms with Gasteiger partial charge in [-0.25, -0.2) is 0 Å². The molecule has 9 unspecified atom stereocenters. The SMILES string of the molecule is CCOC(=O)C1CC2CC1C1C3CC(C(C)C3C)C21. The second-order valence-electron chi connectivity index (χ2n) is 7.69. The maximum atomic E-state index is 12.2. The molecule has 0 aromatic rings. The summed E-state index contributed by atoms with van der Waals surface area (Å²) in [5.41, 5.74) is 0. The van der Waals surface area contributed by atoms with Gasteiger partial charge in [0.25, 0.3) is 0 Å². The van der Waals surface area contributed by atoms with Crippen LogP contribution in [0.5, 0.6) is 0 Å². The van der Waals surface area contributed by atoms with Crippen LogP contribution in [0.1, 0.15) is 40.0 Å². The van der Waals surface area contributed by atoms with Gasteiger partial charge in [0.15, 0.2) is 0 Å². The molecule has 0 aromatic carbocycles. The van der Waals surface area contributed by atoms with E-state index in [1.165, 1.54) is 12.8 Å². The second kappa shape index (κ2) is 3.99. The molecule has 0 aliphatic heterocycles. The summed E-state index contributed by atoms with van der Waals surface area (Å²) in [5.74, 6) is 7.38. The Morgan fingerprint density at radius 3 is 2.37 bits per heavy atom. The minimum Gasteiger partial charge on any atom is -0.466 e. The fourth-order valence-corrected chi connectivity index (χ4v) is 6.75. The molecule has 0 heterocycles. The van der Waals surface area contributed by atoms with Crippen molar-refractivity contribution in [1.82, 2.24) is 0 Å². The third-order valence-corrected chi connectivity index (χ3v) is 7.43. The Balaban J connectivity index is 1.58. The standard InChI is InChI=1S/C17H26O2/c1-4-19-17(18)14-6-10-5-13(14)16-12-7-11(15(10)16)8(2)9(12)3/h8-16H,4-7H2,1-3H3. The molecule has 0 aromatic heterocycles. The second-order valence-corrected chi connectivity index (χ2v) is 7.69. The summed E-state index contributed by atoms with van der Waals surface area (Å²) in [6.07, 6.45) is 3.92.